The van der Waals surface area contributed by atoms with Crippen LogP contribution in [0.5, 0.6) is 0 Å². The second kappa shape index (κ2) is 11.6. The van der Waals surface area contributed by atoms with E-state index in [-0.39, 0.29) is 25.9 Å². The molecule has 0 aromatic heterocycles. The van der Waals surface area contributed by atoms with Crippen LogP contribution in [-0.2, 0) is 28.7 Å². The number of ether oxygens (including phenoxy) is 2. The summed E-state index contributed by atoms with van der Waals surface area (Å²) in [4.78, 5) is 41.3. The van der Waals surface area contributed by atoms with Crippen molar-refractivity contribution in [2.45, 2.75) is 40.0 Å². The lowest BCUT2D eigenvalue weighted by atomic mass is 10.3. The maximum atomic E-state index is 10.9. The monoisotopic (exact) mass is 262 g/mol. The summed E-state index contributed by atoms with van der Waals surface area (Å²) >= 11 is 0. The Morgan fingerprint density at radius 2 is 1.39 bits per heavy atom. The van der Waals surface area contributed by atoms with Gasteiger partial charge in [0.05, 0.1) is 19.4 Å². The topological polar surface area (TPSA) is 107 Å². The first kappa shape index (κ1) is 18.4. The maximum Gasteiger partial charge on any atom is 0.314 e. The summed E-state index contributed by atoms with van der Waals surface area (Å²) in [6.07, 6.45) is -0.0284. The van der Waals surface area contributed by atoms with Gasteiger partial charge in [0.25, 0.3) is 5.97 Å². The van der Waals surface area contributed by atoms with Crippen molar-refractivity contribution in [3.8, 4) is 0 Å². The molecule has 7 nitrogen and oxygen atoms in total. The van der Waals surface area contributed by atoms with Crippen molar-refractivity contribution in [1.82, 2.24) is 0 Å². The van der Waals surface area contributed by atoms with Gasteiger partial charge in [-0.3, -0.25) is 19.2 Å². The van der Waals surface area contributed by atoms with Crippen molar-refractivity contribution in [3.63, 3.8) is 0 Å². The Labute approximate surface area is 105 Å². The standard InChI is InChI=1S/C9H14O5.C2H4O2/c1-3-7(10)14-9(12)6-5-8(11)13-4-2;1-2(3)4/h3-6H2,1-2H3;1H3,(H,3,4). The van der Waals surface area contributed by atoms with E-state index in [1.54, 1.807) is 13.8 Å². The van der Waals surface area contributed by atoms with Crippen LogP contribution in [0.2, 0.25) is 0 Å². The Bertz CT molecular complexity index is 292. The molecule has 0 aliphatic rings. The van der Waals surface area contributed by atoms with E-state index < -0.39 is 23.9 Å². The number of carbonyl (C=O) groups is 4. The number of carboxylic acid groups (broad SMARTS) is 1. The van der Waals surface area contributed by atoms with Gasteiger partial charge in [0.15, 0.2) is 0 Å². The van der Waals surface area contributed by atoms with E-state index in [4.69, 9.17) is 9.90 Å². The molecule has 0 aromatic carbocycles. The van der Waals surface area contributed by atoms with E-state index in [0.717, 1.165) is 6.92 Å². The highest BCUT2D eigenvalue weighted by atomic mass is 16.6. The van der Waals surface area contributed by atoms with E-state index in [0.29, 0.717) is 0 Å². The number of aliphatic carboxylic acids is 1. The SMILES string of the molecule is CC(=O)O.CCOC(=O)CCC(=O)OC(=O)CC. The zero-order valence-corrected chi connectivity index (χ0v) is 10.7. The van der Waals surface area contributed by atoms with E-state index in [1.807, 2.05) is 0 Å². The van der Waals surface area contributed by atoms with Gasteiger partial charge in [-0.2, -0.15) is 0 Å². The summed E-state index contributed by atoms with van der Waals surface area (Å²) in [5, 5.41) is 7.42. The highest BCUT2D eigenvalue weighted by Crippen LogP contribution is 1.97. The molecule has 0 radical (unpaired) electrons. The van der Waals surface area contributed by atoms with Crippen molar-refractivity contribution in [2.24, 2.45) is 0 Å². The molecule has 1 N–H and O–H groups in total. The summed E-state index contributed by atoms with van der Waals surface area (Å²) in [7, 11) is 0. The van der Waals surface area contributed by atoms with Gasteiger partial charge in [-0.1, -0.05) is 6.92 Å². The smallest absolute Gasteiger partial charge is 0.314 e. The summed E-state index contributed by atoms with van der Waals surface area (Å²) in [5.41, 5.74) is 0. The molecule has 0 heterocycles. The van der Waals surface area contributed by atoms with Crippen LogP contribution in [0.4, 0.5) is 0 Å². The van der Waals surface area contributed by atoms with Gasteiger partial charge in [0.1, 0.15) is 0 Å². The first-order chi connectivity index (χ1) is 8.33. The van der Waals surface area contributed by atoms with Gasteiger partial charge < -0.3 is 14.6 Å². The molecule has 0 saturated heterocycles. The molecule has 7 heteroatoms. The third-order valence-corrected chi connectivity index (χ3v) is 1.35. The second-order valence-electron chi connectivity index (χ2n) is 3.02. The lowest BCUT2D eigenvalue weighted by Crippen LogP contribution is -2.13. The lowest BCUT2D eigenvalue weighted by Gasteiger charge is -2.01. The van der Waals surface area contributed by atoms with Crippen molar-refractivity contribution in [2.75, 3.05) is 6.61 Å². The first-order valence-electron chi connectivity index (χ1n) is 5.42. The van der Waals surface area contributed by atoms with Crippen molar-refractivity contribution >= 4 is 23.9 Å². The maximum absolute atomic E-state index is 10.9. The van der Waals surface area contributed by atoms with Crippen LogP contribution < -0.4 is 0 Å². The van der Waals surface area contributed by atoms with Gasteiger partial charge in [0.2, 0.25) is 0 Å². The molecule has 0 rings (SSSR count). The molecule has 104 valence electrons. The fourth-order valence-corrected chi connectivity index (χ4v) is 0.687. The molecule has 0 aliphatic carbocycles. The van der Waals surface area contributed by atoms with Crippen LogP contribution in [-0.4, -0.2) is 35.6 Å². The number of carbonyl (C=O) groups excluding carboxylic acids is 3. The van der Waals surface area contributed by atoms with Crippen molar-refractivity contribution in [3.05, 3.63) is 0 Å². The fraction of sp³-hybridized carbons (Fsp3) is 0.636. The van der Waals surface area contributed by atoms with Crippen LogP contribution >= 0.6 is 0 Å². The van der Waals surface area contributed by atoms with E-state index >= 15 is 0 Å². The highest BCUT2D eigenvalue weighted by molar-refractivity contribution is 5.87. The third-order valence-electron chi connectivity index (χ3n) is 1.35. The van der Waals surface area contributed by atoms with Crippen LogP contribution in [0.1, 0.15) is 40.0 Å². The molecule has 0 unspecified atom stereocenters. The summed E-state index contributed by atoms with van der Waals surface area (Å²) in [5.74, 6) is -2.57. The Hall–Kier alpha value is -1.92. The number of hydrogen-bond acceptors (Lipinski definition) is 6. The largest absolute Gasteiger partial charge is 0.481 e. The van der Waals surface area contributed by atoms with Gasteiger partial charge in [0, 0.05) is 13.3 Å². The second-order valence-corrected chi connectivity index (χ2v) is 3.02. The minimum atomic E-state index is -0.833. The molecule has 0 spiro atoms. The number of carboxylic acids is 1. The minimum absolute atomic E-state index is 0.0519. The van der Waals surface area contributed by atoms with Gasteiger partial charge in [-0.15, -0.1) is 0 Å². The van der Waals surface area contributed by atoms with Gasteiger partial charge >= 0.3 is 17.9 Å². The fourth-order valence-electron chi connectivity index (χ4n) is 0.687. The lowest BCUT2D eigenvalue weighted by molar-refractivity contribution is -0.161. The van der Waals surface area contributed by atoms with E-state index in [9.17, 15) is 14.4 Å². The predicted molar refractivity (Wildman–Crippen MR) is 60.6 cm³/mol. The Morgan fingerprint density at radius 1 is 0.944 bits per heavy atom. The number of hydrogen-bond donors (Lipinski definition) is 1. The average Bonchev–Trinajstić information content (AvgIpc) is 2.26. The number of esters is 3. The Kier molecular flexibility index (Phi) is 11.8. The molecule has 0 bridgehead atoms. The van der Waals surface area contributed by atoms with Gasteiger partial charge in [-0.05, 0) is 6.92 Å². The minimum Gasteiger partial charge on any atom is -0.481 e. The van der Waals surface area contributed by atoms with Gasteiger partial charge in [-0.25, -0.2) is 0 Å². The quantitative estimate of drug-likeness (QED) is 0.579. The molecule has 0 saturated carbocycles. The van der Waals surface area contributed by atoms with E-state index in [1.165, 1.54) is 0 Å². The molecule has 0 amide bonds. The summed E-state index contributed by atoms with van der Waals surface area (Å²) < 4.78 is 8.93. The van der Waals surface area contributed by atoms with Crippen LogP contribution in [0, 0.1) is 0 Å². The summed E-state index contributed by atoms with van der Waals surface area (Å²) in [6, 6.07) is 0. The third kappa shape index (κ3) is 16.5. The summed E-state index contributed by atoms with van der Waals surface area (Å²) in [6.45, 7) is 4.62. The molecule has 0 aromatic rings. The normalized spacial score (nSPS) is 8.61. The molecule has 18 heavy (non-hydrogen) atoms. The number of rotatable bonds is 5. The molecule has 0 fully saturated rings. The van der Waals surface area contributed by atoms with Crippen LogP contribution in [0.3, 0.4) is 0 Å². The molecule has 0 aliphatic heterocycles. The highest BCUT2D eigenvalue weighted by Gasteiger charge is 2.11. The zero-order chi connectivity index (χ0) is 14.6. The zero-order valence-electron chi connectivity index (χ0n) is 10.7. The predicted octanol–water partition coefficient (Wildman–Crippen LogP) is 0.900. The molecule has 0 atom stereocenters. The Morgan fingerprint density at radius 3 is 1.78 bits per heavy atom. The van der Waals surface area contributed by atoms with Crippen molar-refractivity contribution < 1.29 is 33.8 Å². The average molecular weight is 262 g/mol. The van der Waals surface area contributed by atoms with E-state index in [2.05, 4.69) is 9.47 Å². The Balaban J connectivity index is 0. The van der Waals surface area contributed by atoms with Crippen molar-refractivity contribution in [1.29, 1.82) is 0 Å². The van der Waals surface area contributed by atoms with Crippen LogP contribution in [0.15, 0.2) is 0 Å². The molecular weight excluding hydrogens is 244 g/mol. The molecular formula is C11H18O7. The van der Waals surface area contributed by atoms with Crippen LogP contribution in [0.25, 0.3) is 0 Å². The first-order valence-corrected chi connectivity index (χ1v) is 5.42.